The number of ether oxygens (including phenoxy) is 1. The van der Waals surface area contributed by atoms with E-state index in [2.05, 4.69) is 20.6 Å². The van der Waals surface area contributed by atoms with Crippen molar-refractivity contribution in [2.24, 2.45) is 0 Å². The van der Waals surface area contributed by atoms with Crippen LogP contribution in [0.1, 0.15) is 16.1 Å². The predicted molar refractivity (Wildman–Crippen MR) is 103 cm³/mol. The summed E-state index contributed by atoms with van der Waals surface area (Å²) in [4.78, 5) is 20.7. The van der Waals surface area contributed by atoms with Gasteiger partial charge in [-0.15, -0.1) is 0 Å². The number of para-hydroxylation sites is 1. The normalized spacial score (nSPS) is 10.3. The van der Waals surface area contributed by atoms with Crippen molar-refractivity contribution in [3.63, 3.8) is 0 Å². The Labute approximate surface area is 156 Å². The molecule has 2 aromatic carbocycles. The number of methoxy groups -OCH3 is 1. The van der Waals surface area contributed by atoms with Crippen LogP contribution in [0.5, 0.6) is 0 Å². The third kappa shape index (κ3) is 4.29. The number of carbonyl (C=O) groups excluding carboxylic acids is 1. The minimum absolute atomic E-state index is 0.420. The number of aryl methyl sites for hydroxylation is 1. The van der Waals surface area contributed by atoms with Crippen molar-refractivity contribution in [1.29, 1.82) is 0 Å². The van der Waals surface area contributed by atoms with E-state index in [1.165, 1.54) is 7.11 Å². The number of carbonyl (C=O) groups is 1. The van der Waals surface area contributed by atoms with Crippen LogP contribution in [-0.2, 0) is 4.74 Å². The maximum Gasteiger partial charge on any atom is 0.339 e. The summed E-state index contributed by atoms with van der Waals surface area (Å²) in [6, 6.07) is 16.2. The molecule has 0 saturated carbocycles. The van der Waals surface area contributed by atoms with Gasteiger partial charge in [0.1, 0.15) is 5.82 Å². The van der Waals surface area contributed by atoms with Gasteiger partial charge in [0.15, 0.2) is 0 Å². The molecule has 26 heavy (non-hydrogen) atoms. The molecule has 7 heteroatoms. The number of rotatable bonds is 5. The lowest BCUT2D eigenvalue weighted by Gasteiger charge is -2.12. The van der Waals surface area contributed by atoms with Gasteiger partial charge in [0.05, 0.1) is 18.4 Å². The number of benzene rings is 2. The van der Waals surface area contributed by atoms with Crippen molar-refractivity contribution in [1.82, 2.24) is 9.97 Å². The molecule has 132 valence electrons. The Hall–Kier alpha value is -3.12. The summed E-state index contributed by atoms with van der Waals surface area (Å²) in [5.41, 5.74) is 2.58. The highest BCUT2D eigenvalue weighted by Gasteiger charge is 2.12. The van der Waals surface area contributed by atoms with E-state index in [9.17, 15) is 4.79 Å². The first kappa shape index (κ1) is 17.7. The highest BCUT2D eigenvalue weighted by molar-refractivity contribution is 6.30. The maximum atomic E-state index is 11.9. The standard InChI is InChI=1S/C19H17ClN4O2/c1-12-10-17(23-16-9-4-3-8-15(16)18(25)26-2)24-19(21-12)22-14-7-5-6-13(20)11-14/h3-11H,1-2H3,(H2,21,22,23,24). The number of aromatic nitrogens is 2. The van der Waals surface area contributed by atoms with Gasteiger partial charge in [-0.2, -0.15) is 4.98 Å². The molecule has 0 saturated heterocycles. The lowest BCUT2D eigenvalue weighted by Crippen LogP contribution is -2.07. The average Bonchev–Trinajstić information content (AvgIpc) is 2.61. The van der Waals surface area contributed by atoms with Crippen LogP contribution in [0.25, 0.3) is 0 Å². The molecule has 0 unspecified atom stereocenters. The molecule has 1 aromatic heterocycles. The van der Waals surface area contributed by atoms with E-state index < -0.39 is 5.97 Å². The van der Waals surface area contributed by atoms with Crippen molar-refractivity contribution in [3.8, 4) is 0 Å². The van der Waals surface area contributed by atoms with Crippen LogP contribution in [0.2, 0.25) is 5.02 Å². The van der Waals surface area contributed by atoms with Crippen LogP contribution >= 0.6 is 11.6 Å². The largest absolute Gasteiger partial charge is 0.465 e. The third-order valence-electron chi connectivity index (χ3n) is 3.53. The van der Waals surface area contributed by atoms with Crippen molar-refractivity contribution >= 4 is 40.7 Å². The van der Waals surface area contributed by atoms with Gasteiger partial charge in [-0.1, -0.05) is 29.8 Å². The van der Waals surface area contributed by atoms with Crippen molar-refractivity contribution in [3.05, 3.63) is 70.9 Å². The first-order valence-corrected chi connectivity index (χ1v) is 8.25. The number of nitrogens with one attached hydrogen (secondary N) is 2. The van der Waals surface area contributed by atoms with Crippen LogP contribution in [0.15, 0.2) is 54.6 Å². The average molecular weight is 369 g/mol. The Morgan fingerprint density at radius 1 is 1.04 bits per heavy atom. The van der Waals surface area contributed by atoms with E-state index in [1.807, 2.05) is 25.1 Å². The smallest absolute Gasteiger partial charge is 0.339 e. The van der Waals surface area contributed by atoms with Crippen LogP contribution in [0, 0.1) is 6.92 Å². The molecule has 0 aliphatic heterocycles. The summed E-state index contributed by atoms with van der Waals surface area (Å²) < 4.78 is 4.82. The number of hydrogen-bond donors (Lipinski definition) is 2. The van der Waals surface area contributed by atoms with Crippen LogP contribution in [-0.4, -0.2) is 23.0 Å². The molecule has 0 atom stereocenters. The van der Waals surface area contributed by atoms with Crippen LogP contribution in [0.4, 0.5) is 23.1 Å². The minimum Gasteiger partial charge on any atom is -0.465 e. The summed E-state index contributed by atoms with van der Waals surface area (Å²) in [6.07, 6.45) is 0. The van der Waals surface area contributed by atoms with E-state index in [1.54, 1.807) is 36.4 Å². The molecular formula is C19H17ClN4O2. The highest BCUT2D eigenvalue weighted by Crippen LogP contribution is 2.23. The number of anilines is 4. The van der Waals surface area contributed by atoms with Gasteiger partial charge in [0.25, 0.3) is 0 Å². The second-order valence-electron chi connectivity index (χ2n) is 5.52. The fourth-order valence-corrected chi connectivity index (χ4v) is 2.59. The van der Waals surface area contributed by atoms with Gasteiger partial charge < -0.3 is 15.4 Å². The first-order chi connectivity index (χ1) is 12.5. The Morgan fingerprint density at radius 2 is 1.85 bits per heavy atom. The van der Waals surface area contributed by atoms with Gasteiger partial charge >= 0.3 is 5.97 Å². The Kier molecular flexibility index (Phi) is 5.34. The molecule has 0 aliphatic carbocycles. The van der Waals surface area contributed by atoms with Gasteiger partial charge in [-0.3, -0.25) is 0 Å². The molecular weight excluding hydrogens is 352 g/mol. The maximum absolute atomic E-state index is 11.9. The zero-order chi connectivity index (χ0) is 18.5. The van der Waals surface area contributed by atoms with Crippen LogP contribution in [0.3, 0.4) is 0 Å². The van der Waals surface area contributed by atoms with Crippen LogP contribution < -0.4 is 10.6 Å². The van der Waals surface area contributed by atoms with Gasteiger partial charge in [-0.25, -0.2) is 9.78 Å². The second kappa shape index (κ2) is 7.84. The number of hydrogen-bond acceptors (Lipinski definition) is 6. The van der Waals surface area contributed by atoms with Crippen molar-refractivity contribution in [2.75, 3.05) is 17.7 Å². The second-order valence-corrected chi connectivity index (χ2v) is 5.95. The molecule has 0 aliphatic rings. The zero-order valence-electron chi connectivity index (χ0n) is 14.3. The number of esters is 1. The van der Waals surface area contributed by atoms with E-state index in [-0.39, 0.29) is 0 Å². The van der Waals surface area contributed by atoms with Gasteiger partial charge in [0.2, 0.25) is 5.95 Å². The van der Waals surface area contributed by atoms with E-state index in [0.29, 0.717) is 28.0 Å². The van der Waals surface area contributed by atoms with Gasteiger partial charge in [0, 0.05) is 22.5 Å². The molecule has 0 radical (unpaired) electrons. The fraction of sp³-hybridized carbons (Fsp3) is 0.105. The predicted octanol–water partition coefficient (Wildman–Crippen LogP) is 4.71. The Morgan fingerprint density at radius 3 is 2.62 bits per heavy atom. The zero-order valence-corrected chi connectivity index (χ0v) is 15.0. The molecule has 0 spiro atoms. The summed E-state index contributed by atoms with van der Waals surface area (Å²) >= 11 is 6.00. The summed E-state index contributed by atoms with van der Waals surface area (Å²) in [5, 5.41) is 6.89. The molecule has 0 amide bonds. The Balaban J connectivity index is 1.88. The fourth-order valence-electron chi connectivity index (χ4n) is 2.40. The topological polar surface area (TPSA) is 76.1 Å². The highest BCUT2D eigenvalue weighted by atomic mass is 35.5. The molecule has 3 aromatic rings. The molecule has 6 nitrogen and oxygen atoms in total. The molecule has 2 N–H and O–H groups in total. The summed E-state index contributed by atoms with van der Waals surface area (Å²) in [7, 11) is 1.35. The number of nitrogens with zero attached hydrogens (tertiary/aromatic N) is 2. The lowest BCUT2D eigenvalue weighted by molar-refractivity contribution is 0.0602. The van der Waals surface area contributed by atoms with Crippen molar-refractivity contribution < 1.29 is 9.53 Å². The summed E-state index contributed by atoms with van der Waals surface area (Å²) in [6.45, 7) is 1.86. The van der Waals surface area contributed by atoms with Gasteiger partial charge in [-0.05, 0) is 37.3 Å². The molecule has 0 fully saturated rings. The number of halogens is 1. The SMILES string of the molecule is COC(=O)c1ccccc1Nc1cc(C)nc(Nc2cccc(Cl)c2)n1. The first-order valence-electron chi connectivity index (χ1n) is 7.88. The monoisotopic (exact) mass is 368 g/mol. The Bertz CT molecular complexity index is 946. The third-order valence-corrected chi connectivity index (χ3v) is 3.77. The summed E-state index contributed by atoms with van der Waals surface area (Å²) in [5.74, 6) is 0.555. The van der Waals surface area contributed by atoms with E-state index >= 15 is 0 Å². The minimum atomic E-state index is -0.420. The lowest BCUT2D eigenvalue weighted by atomic mass is 10.2. The molecule has 1 heterocycles. The molecule has 0 bridgehead atoms. The van der Waals surface area contributed by atoms with E-state index in [4.69, 9.17) is 16.3 Å². The quantitative estimate of drug-likeness (QED) is 0.635. The van der Waals surface area contributed by atoms with E-state index in [0.717, 1.165) is 11.4 Å². The van der Waals surface area contributed by atoms with Crippen molar-refractivity contribution in [2.45, 2.75) is 6.92 Å². The molecule has 3 rings (SSSR count).